The molecule has 8 heteroatoms. The first-order valence-corrected chi connectivity index (χ1v) is 7.11. The van der Waals surface area contributed by atoms with Crippen LogP contribution in [0.3, 0.4) is 0 Å². The zero-order valence-electron chi connectivity index (χ0n) is 10.8. The molecule has 0 aromatic carbocycles. The molecule has 19 heavy (non-hydrogen) atoms. The smallest absolute Gasteiger partial charge is 0.408 e. The van der Waals surface area contributed by atoms with Crippen LogP contribution in [0.2, 0.25) is 0 Å². The monoisotopic (exact) mass is 350 g/mol. The van der Waals surface area contributed by atoms with Crippen molar-refractivity contribution in [2.75, 3.05) is 0 Å². The van der Waals surface area contributed by atoms with Gasteiger partial charge in [0.15, 0.2) is 3.92 Å². The Morgan fingerprint density at radius 3 is 2.63 bits per heavy atom. The van der Waals surface area contributed by atoms with E-state index in [2.05, 4.69) is 26.2 Å². The average molecular weight is 351 g/mol. The van der Waals surface area contributed by atoms with Gasteiger partial charge >= 0.3 is 12.1 Å². The highest BCUT2D eigenvalue weighted by atomic mass is 79.9. The van der Waals surface area contributed by atoms with Crippen LogP contribution in [-0.2, 0) is 16.0 Å². The molecule has 0 saturated carbocycles. The minimum Gasteiger partial charge on any atom is -0.480 e. The van der Waals surface area contributed by atoms with Crippen molar-refractivity contribution in [3.05, 3.63) is 15.0 Å². The molecule has 1 heterocycles. The van der Waals surface area contributed by atoms with Crippen LogP contribution in [0.4, 0.5) is 4.79 Å². The molecule has 1 rings (SSSR count). The second-order valence-corrected chi connectivity index (χ2v) is 7.21. The number of aliphatic carboxylic acids is 1. The Bertz CT molecular complexity index is 470. The topological polar surface area (TPSA) is 88.5 Å². The predicted molar refractivity (Wildman–Crippen MR) is 74.3 cm³/mol. The zero-order valence-corrected chi connectivity index (χ0v) is 13.2. The van der Waals surface area contributed by atoms with Crippen molar-refractivity contribution in [2.45, 2.75) is 38.8 Å². The number of hydrogen-bond donors (Lipinski definition) is 2. The molecule has 0 saturated heterocycles. The molecule has 0 fully saturated rings. The van der Waals surface area contributed by atoms with Gasteiger partial charge in [-0.25, -0.2) is 14.6 Å². The van der Waals surface area contributed by atoms with Crippen molar-refractivity contribution in [3.8, 4) is 0 Å². The highest BCUT2D eigenvalue weighted by Crippen LogP contribution is 2.20. The van der Waals surface area contributed by atoms with Crippen LogP contribution in [0.5, 0.6) is 0 Å². The van der Waals surface area contributed by atoms with E-state index in [1.54, 1.807) is 27.0 Å². The number of thiazole rings is 1. The van der Waals surface area contributed by atoms with Gasteiger partial charge < -0.3 is 15.2 Å². The summed E-state index contributed by atoms with van der Waals surface area (Å²) in [6.07, 6.45) is 0.989. The third-order valence-electron chi connectivity index (χ3n) is 1.92. The van der Waals surface area contributed by atoms with Crippen LogP contribution in [0.25, 0.3) is 0 Å². The Hall–Kier alpha value is -1.15. The molecule has 1 amide bonds. The van der Waals surface area contributed by atoms with Gasteiger partial charge in [-0.1, -0.05) is 0 Å². The number of halogens is 1. The highest BCUT2D eigenvalue weighted by Gasteiger charge is 2.24. The number of carbonyl (C=O) groups is 2. The van der Waals surface area contributed by atoms with Gasteiger partial charge in [-0.2, -0.15) is 0 Å². The molecule has 6 nitrogen and oxygen atoms in total. The van der Waals surface area contributed by atoms with Crippen molar-refractivity contribution >= 4 is 39.3 Å². The van der Waals surface area contributed by atoms with E-state index in [1.807, 2.05) is 0 Å². The minimum atomic E-state index is -1.12. The van der Waals surface area contributed by atoms with E-state index >= 15 is 0 Å². The van der Waals surface area contributed by atoms with E-state index in [-0.39, 0.29) is 6.42 Å². The number of carboxylic acids is 1. The summed E-state index contributed by atoms with van der Waals surface area (Å²) in [6.45, 7) is 5.13. The Balaban J connectivity index is 2.63. The summed E-state index contributed by atoms with van der Waals surface area (Å²) >= 11 is 4.52. The van der Waals surface area contributed by atoms with Crippen molar-refractivity contribution < 1.29 is 19.4 Å². The second-order valence-electron chi connectivity index (χ2n) is 4.82. The Kier molecular flexibility index (Phi) is 5.30. The first-order valence-electron chi connectivity index (χ1n) is 5.50. The molecule has 1 aromatic rings. The highest BCUT2D eigenvalue weighted by molar-refractivity contribution is 9.11. The number of aromatic nitrogens is 1. The maximum atomic E-state index is 11.6. The van der Waals surface area contributed by atoms with Gasteiger partial charge in [-0.05, 0) is 36.7 Å². The first-order chi connectivity index (χ1) is 8.67. The van der Waals surface area contributed by atoms with Crippen molar-refractivity contribution in [1.82, 2.24) is 10.3 Å². The Morgan fingerprint density at radius 2 is 2.21 bits per heavy atom. The standard InChI is InChI=1S/C11H15BrN2O4S/c1-11(2,3)18-10(17)14-7(8(15)16)4-6-5-13-9(12)19-6/h5,7H,4H2,1-3H3,(H,14,17)(H,15,16). The van der Waals surface area contributed by atoms with Gasteiger partial charge in [-0.15, -0.1) is 11.3 Å². The first kappa shape index (κ1) is 15.9. The van der Waals surface area contributed by atoms with E-state index in [4.69, 9.17) is 9.84 Å². The molecule has 0 aliphatic carbocycles. The lowest BCUT2D eigenvalue weighted by molar-refractivity contribution is -0.139. The third kappa shape index (κ3) is 6.02. The lowest BCUT2D eigenvalue weighted by atomic mass is 10.2. The van der Waals surface area contributed by atoms with Crippen LogP contribution in [0.15, 0.2) is 10.1 Å². The minimum absolute atomic E-state index is 0.165. The number of rotatable bonds is 4. The van der Waals surface area contributed by atoms with Crippen LogP contribution < -0.4 is 5.32 Å². The molecule has 0 spiro atoms. The lowest BCUT2D eigenvalue weighted by Gasteiger charge is -2.21. The molecule has 0 radical (unpaired) electrons. The fourth-order valence-corrected chi connectivity index (χ4v) is 2.63. The summed E-state index contributed by atoms with van der Waals surface area (Å²) in [4.78, 5) is 27.4. The van der Waals surface area contributed by atoms with Crippen LogP contribution >= 0.6 is 27.3 Å². The van der Waals surface area contributed by atoms with E-state index in [0.29, 0.717) is 3.92 Å². The fraction of sp³-hybridized carbons (Fsp3) is 0.545. The molecule has 0 aliphatic rings. The van der Waals surface area contributed by atoms with E-state index < -0.39 is 23.7 Å². The summed E-state index contributed by atoms with van der Waals surface area (Å²) in [7, 11) is 0. The second kappa shape index (κ2) is 6.33. The summed E-state index contributed by atoms with van der Waals surface area (Å²) in [5.41, 5.74) is -0.666. The summed E-state index contributed by atoms with van der Waals surface area (Å²) in [6, 6.07) is -1.04. The SMILES string of the molecule is CC(C)(C)OC(=O)NC(Cc1cnc(Br)s1)C(=O)O. The zero-order chi connectivity index (χ0) is 14.6. The largest absolute Gasteiger partial charge is 0.480 e. The van der Waals surface area contributed by atoms with Crippen LogP contribution in [-0.4, -0.2) is 33.8 Å². The van der Waals surface area contributed by atoms with Gasteiger partial charge in [0.1, 0.15) is 11.6 Å². The Morgan fingerprint density at radius 1 is 1.58 bits per heavy atom. The molecule has 106 valence electrons. The lowest BCUT2D eigenvalue weighted by Crippen LogP contribution is -2.44. The van der Waals surface area contributed by atoms with Crippen molar-refractivity contribution in [2.24, 2.45) is 0 Å². The molecule has 0 bridgehead atoms. The number of ether oxygens (including phenoxy) is 1. The maximum Gasteiger partial charge on any atom is 0.408 e. The molecular formula is C11H15BrN2O4S. The molecule has 1 aromatic heterocycles. The van der Waals surface area contributed by atoms with E-state index in [9.17, 15) is 9.59 Å². The number of carbonyl (C=O) groups excluding carboxylic acids is 1. The number of carboxylic acid groups (broad SMARTS) is 1. The number of alkyl carbamates (subject to hydrolysis) is 1. The number of nitrogens with zero attached hydrogens (tertiary/aromatic N) is 1. The van der Waals surface area contributed by atoms with Crippen LogP contribution in [0.1, 0.15) is 25.6 Å². The molecular weight excluding hydrogens is 336 g/mol. The fourth-order valence-electron chi connectivity index (χ4n) is 1.23. The van der Waals surface area contributed by atoms with Gasteiger partial charge in [-0.3, -0.25) is 0 Å². The number of nitrogens with one attached hydrogen (secondary N) is 1. The quantitative estimate of drug-likeness (QED) is 0.870. The van der Waals surface area contributed by atoms with Gasteiger partial charge in [0.2, 0.25) is 0 Å². The summed E-state index contributed by atoms with van der Waals surface area (Å²) in [5, 5.41) is 11.4. The molecule has 1 unspecified atom stereocenters. The summed E-state index contributed by atoms with van der Waals surface area (Å²) in [5.74, 6) is -1.12. The number of amides is 1. The number of hydrogen-bond acceptors (Lipinski definition) is 5. The van der Waals surface area contributed by atoms with Crippen LogP contribution in [0, 0.1) is 0 Å². The third-order valence-corrected chi connectivity index (χ3v) is 3.42. The molecule has 1 atom stereocenters. The average Bonchev–Trinajstić information content (AvgIpc) is 2.60. The van der Waals surface area contributed by atoms with Crippen molar-refractivity contribution in [1.29, 1.82) is 0 Å². The predicted octanol–water partition coefficient (Wildman–Crippen LogP) is 2.43. The maximum absolute atomic E-state index is 11.6. The van der Waals surface area contributed by atoms with Gasteiger partial charge in [0.05, 0.1) is 0 Å². The molecule has 0 aliphatic heterocycles. The Labute approximate surface area is 123 Å². The van der Waals surface area contributed by atoms with E-state index in [1.165, 1.54) is 11.3 Å². The van der Waals surface area contributed by atoms with E-state index in [0.717, 1.165) is 4.88 Å². The van der Waals surface area contributed by atoms with Gasteiger partial charge in [0.25, 0.3) is 0 Å². The van der Waals surface area contributed by atoms with Crippen molar-refractivity contribution in [3.63, 3.8) is 0 Å². The molecule has 2 N–H and O–H groups in total. The van der Waals surface area contributed by atoms with Gasteiger partial charge in [0, 0.05) is 17.5 Å². The summed E-state index contributed by atoms with van der Waals surface area (Å²) < 4.78 is 5.70. The normalized spacial score (nSPS) is 12.8.